The molecule has 1 fully saturated rings. The molecule has 0 aliphatic heterocycles. The number of hydrogen-bond donors (Lipinski definition) is 1. The Morgan fingerprint density at radius 3 is 2.31 bits per heavy atom. The molecule has 3 aromatic rings. The van der Waals surface area contributed by atoms with E-state index in [9.17, 15) is 4.79 Å². The predicted molar refractivity (Wildman–Crippen MR) is 100.0 cm³/mol. The molecule has 0 saturated heterocycles. The molecular formula is C21H21N3O2. The van der Waals surface area contributed by atoms with Gasteiger partial charge in [-0.2, -0.15) is 0 Å². The predicted octanol–water partition coefficient (Wildman–Crippen LogP) is 5.04. The van der Waals surface area contributed by atoms with E-state index in [1.807, 2.05) is 42.5 Å². The molecule has 1 saturated carbocycles. The molecule has 1 aliphatic carbocycles. The molecule has 5 nitrogen and oxygen atoms in total. The quantitative estimate of drug-likeness (QED) is 0.718. The molecule has 2 aromatic carbocycles. The summed E-state index contributed by atoms with van der Waals surface area (Å²) >= 11 is 0. The van der Waals surface area contributed by atoms with Crippen LogP contribution < -0.4 is 5.32 Å². The first-order valence-corrected chi connectivity index (χ1v) is 9.10. The average Bonchev–Trinajstić information content (AvgIpc) is 3.18. The fraction of sp³-hybridized carbons (Fsp3) is 0.286. The van der Waals surface area contributed by atoms with Gasteiger partial charge in [-0.3, -0.25) is 10.1 Å². The molecule has 0 unspecified atom stereocenters. The van der Waals surface area contributed by atoms with Gasteiger partial charge in [0.25, 0.3) is 5.91 Å². The largest absolute Gasteiger partial charge is 0.408 e. The minimum Gasteiger partial charge on any atom is -0.408 e. The lowest BCUT2D eigenvalue weighted by atomic mass is 9.89. The van der Waals surface area contributed by atoms with E-state index < -0.39 is 0 Å². The third-order valence-electron chi connectivity index (χ3n) is 4.87. The van der Waals surface area contributed by atoms with Gasteiger partial charge in [0.15, 0.2) is 0 Å². The topological polar surface area (TPSA) is 68.0 Å². The van der Waals surface area contributed by atoms with Crippen molar-refractivity contribution in [2.75, 3.05) is 5.32 Å². The first kappa shape index (κ1) is 16.5. The lowest BCUT2D eigenvalue weighted by molar-refractivity contribution is 0.102. The number of carbonyl (C=O) groups is 1. The molecule has 26 heavy (non-hydrogen) atoms. The summed E-state index contributed by atoms with van der Waals surface area (Å²) in [6.45, 7) is 0. The number of carbonyl (C=O) groups excluding carboxylic acids is 1. The number of aromatic nitrogens is 2. The summed E-state index contributed by atoms with van der Waals surface area (Å²) in [5.74, 6) is 0.718. The van der Waals surface area contributed by atoms with Crippen molar-refractivity contribution in [3.8, 4) is 11.1 Å². The van der Waals surface area contributed by atoms with Gasteiger partial charge < -0.3 is 4.42 Å². The molecule has 0 atom stereocenters. The summed E-state index contributed by atoms with van der Waals surface area (Å²) in [6.07, 6.45) is 5.82. The van der Waals surface area contributed by atoms with Crippen LogP contribution in [0.25, 0.3) is 11.1 Å². The normalized spacial score (nSPS) is 14.9. The Balaban J connectivity index is 1.42. The van der Waals surface area contributed by atoms with E-state index >= 15 is 0 Å². The number of benzene rings is 2. The fourth-order valence-corrected chi connectivity index (χ4v) is 3.41. The Kier molecular flexibility index (Phi) is 4.78. The highest BCUT2D eigenvalue weighted by molar-refractivity contribution is 6.03. The van der Waals surface area contributed by atoms with Crippen molar-refractivity contribution in [1.82, 2.24) is 10.2 Å². The number of amides is 1. The summed E-state index contributed by atoms with van der Waals surface area (Å²) in [6, 6.07) is 17.7. The Morgan fingerprint density at radius 2 is 1.58 bits per heavy atom. The van der Waals surface area contributed by atoms with Crippen LogP contribution in [0.5, 0.6) is 0 Å². The maximum atomic E-state index is 12.4. The molecule has 0 radical (unpaired) electrons. The molecule has 1 aliphatic rings. The van der Waals surface area contributed by atoms with Gasteiger partial charge in [0, 0.05) is 11.5 Å². The van der Waals surface area contributed by atoms with Crippen LogP contribution in [0.2, 0.25) is 0 Å². The number of nitrogens with zero attached hydrogens (tertiary/aromatic N) is 2. The third kappa shape index (κ3) is 3.67. The summed E-state index contributed by atoms with van der Waals surface area (Å²) in [7, 11) is 0. The zero-order valence-electron chi connectivity index (χ0n) is 14.5. The maximum Gasteiger partial charge on any atom is 0.322 e. The van der Waals surface area contributed by atoms with Crippen molar-refractivity contribution >= 4 is 11.9 Å². The minimum atomic E-state index is -0.247. The van der Waals surface area contributed by atoms with Crippen LogP contribution in [0.3, 0.4) is 0 Å². The molecular weight excluding hydrogens is 326 g/mol. The molecule has 1 N–H and O–H groups in total. The maximum absolute atomic E-state index is 12.4. The smallest absolute Gasteiger partial charge is 0.322 e. The zero-order chi connectivity index (χ0) is 17.8. The first-order chi connectivity index (χ1) is 12.8. The van der Waals surface area contributed by atoms with Crippen LogP contribution in [0.4, 0.5) is 6.01 Å². The van der Waals surface area contributed by atoms with Gasteiger partial charge in [-0.1, -0.05) is 66.8 Å². The monoisotopic (exact) mass is 347 g/mol. The first-order valence-electron chi connectivity index (χ1n) is 9.10. The van der Waals surface area contributed by atoms with Crippen molar-refractivity contribution in [2.45, 2.75) is 38.0 Å². The molecule has 1 amide bonds. The third-order valence-corrected chi connectivity index (χ3v) is 4.87. The second-order valence-electron chi connectivity index (χ2n) is 6.68. The Labute approximate surface area is 152 Å². The number of nitrogens with one attached hydrogen (secondary N) is 1. The summed E-state index contributed by atoms with van der Waals surface area (Å²) in [5, 5.41) is 10.8. The number of rotatable bonds is 4. The summed E-state index contributed by atoms with van der Waals surface area (Å²) < 4.78 is 5.65. The lowest BCUT2D eigenvalue weighted by Crippen LogP contribution is -2.12. The van der Waals surface area contributed by atoms with Crippen LogP contribution in [0, 0.1) is 0 Å². The molecule has 0 bridgehead atoms. The van der Waals surface area contributed by atoms with Crippen LogP contribution in [-0.2, 0) is 0 Å². The van der Waals surface area contributed by atoms with Crippen LogP contribution >= 0.6 is 0 Å². The van der Waals surface area contributed by atoms with Crippen molar-refractivity contribution in [3.63, 3.8) is 0 Å². The van der Waals surface area contributed by atoms with E-state index in [4.69, 9.17) is 4.42 Å². The molecule has 132 valence electrons. The molecule has 1 heterocycles. The molecule has 4 rings (SSSR count). The molecule has 0 spiro atoms. The highest BCUT2D eigenvalue weighted by atomic mass is 16.4. The fourth-order valence-electron chi connectivity index (χ4n) is 3.41. The standard InChI is InChI=1S/C21H21N3O2/c25-19(17-13-11-16(12-14-17)15-7-3-1-4-8-15)22-21-24-23-20(26-21)18-9-5-2-6-10-18/h1,3-4,7-8,11-14,18H,2,5-6,9-10H2,(H,22,24,25). The van der Waals surface area contributed by atoms with Gasteiger partial charge in [0.2, 0.25) is 5.89 Å². The van der Waals surface area contributed by atoms with E-state index in [-0.39, 0.29) is 11.9 Å². The second-order valence-corrected chi connectivity index (χ2v) is 6.68. The van der Waals surface area contributed by atoms with E-state index in [2.05, 4.69) is 15.5 Å². The van der Waals surface area contributed by atoms with E-state index in [1.165, 1.54) is 19.3 Å². The average molecular weight is 347 g/mol. The van der Waals surface area contributed by atoms with Crippen LogP contribution in [-0.4, -0.2) is 16.1 Å². The number of anilines is 1. The summed E-state index contributed by atoms with van der Waals surface area (Å²) in [5.41, 5.74) is 2.75. The Bertz CT molecular complexity index is 866. The van der Waals surface area contributed by atoms with Gasteiger partial charge in [-0.25, -0.2) is 0 Å². The highest BCUT2D eigenvalue weighted by Crippen LogP contribution is 2.32. The minimum absolute atomic E-state index is 0.169. The van der Waals surface area contributed by atoms with Crippen LogP contribution in [0.1, 0.15) is 54.3 Å². The highest BCUT2D eigenvalue weighted by Gasteiger charge is 2.22. The Hall–Kier alpha value is -2.95. The van der Waals surface area contributed by atoms with Crippen LogP contribution in [0.15, 0.2) is 59.0 Å². The number of hydrogen-bond acceptors (Lipinski definition) is 4. The molecule has 1 aromatic heterocycles. The van der Waals surface area contributed by atoms with Crippen molar-refractivity contribution in [1.29, 1.82) is 0 Å². The molecule has 5 heteroatoms. The Morgan fingerprint density at radius 1 is 0.885 bits per heavy atom. The van der Waals surface area contributed by atoms with E-state index in [0.29, 0.717) is 17.4 Å². The van der Waals surface area contributed by atoms with Crippen molar-refractivity contribution in [3.05, 3.63) is 66.1 Å². The second kappa shape index (κ2) is 7.52. The summed E-state index contributed by atoms with van der Waals surface area (Å²) in [4.78, 5) is 12.4. The van der Waals surface area contributed by atoms with Gasteiger partial charge in [-0.05, 0) is 36.1 Å². The van der Waals surface area contributed by atoms with Gasteiger partial charge in [-0.15, -0.1) is 5.10 Å². The van der Waals surface area contributed by atoms with Crippen molar-refractivity contribution in [2.24, 2.45) is 0 Å². The van der Waals surface area contributed by atoms with Crippen molar-refractivity contribution < 1.29 is 9.21 Å². The van der Waals surface area contributed by atoms with E-state index in [0.717, 1.165) is 24.0 Å². The van der Waals surface area contributed by atoms with E-state index in [1.54, 1.807) is 12.1 Å². The lowest BCUT2D eigenvalue weighted by Gasteiger charge is -2.17. The van der Waals surface area contributed by atoms with Gasteiger partial charge in [0.05, 0.1) is 0 Å². The zero-order valence-corrected chi connectivity index (χ0v) is 14.5. The SMILES string of the molecule is O=C(Nc1nnc(C2CCCCC2)o1)c1ccc(-c2ccccc2)cc1. The van der Waals surface area contributed by atoms with Gasteiger partial charge >= 0.3 is 6.01 Å². The van der Waals surface area contributed by atoms with Gasteiger partial charge in [0.1, 0.15) is 0 Å².